The van der Waals surface area contributed by atoms with E-state index in [0.717, 1.165) is 13.1 Å². The van der Waals surface area contributed by atoms with Crippen LogP contribution in [0.1, 0.15) is 0 Å². The summed E-state index contributed by atoms with van der Waals surface area (Å²) < 4.78 is 78.0. The van der Waals surface area contributed by atoms with Crippen LogP contribution < -0.4 is 10.6 Å². The molecule has 0 aliphatic heterocycles. The van der Waals surface area contributed by atoms with Gasteiger partial charge in [0.05, 0.1) is 0 Å². The molecule has 0 spiro atoms. The van der Waals surface area contributed by atoms with Crippen molar-refractivity contribution in [1.82, 2.24) is 10.6 Å². The minimum absolute atomic E-state index is 0. The average Bonchev–Trinajstić information content (AvgIpc) is 1.94. The molecule has 0 unspecified atom stereocenters. The van der Waals surface area contributed by atoms with Gasteiger partial charge < -0.3 is 45.2 Å². The molecule has 0 heterocycles. The van der Waals surface area contributed by atoms with Gasteiger partial charge in [-0.05, 0) is 14.1 Å². The van der Waals surface area contributed by atoms with E-state index < -0.39 is 14.5 Å². The van der Waals surface area contributed by atoms with E-state index in [2.05, 4.69) is 10.6 Å². The summed E-state index contributed by atoms with van der Waals surface area (Å²) in [5, 5.41) is 6.01. The van der Waals surface area contributed by atoms with E-state index in [-0.39, 0.29) is 17.1 Å². The molecule has 0 aromatic carbocycles. The molecule has 0 fully saturated rings. The van der Waals surface area contributed by atoms with Crippen molar-refractivity contribution < 1.29 is 51.6 Å². The SMILES string of the molecule is CNCCNC.F[B-](F)(F)F.F[B-](F)(F)F.[Cu+2]. The molecule has 0 aliphatic rings. The first-order valence-corrected chi connectivity index (χ1v) is 3.95. The fraction of sp³-hybridized carbons (Fsp3) is 1.00. The number of nitrogens with one attached hydrogen (secondary N) is 2. The Hall–Kier alpha value is 0.00935. The van der Waals surface area contributed by atoms with Crippen LogP contribution in [-0.2, 0) is 17.1 Å². The Morgan fingerprint density at radius 1 is 0.647 bits per heavy atom. The topological polar surface area (TPSA) is 24.1 Å². The average molecular weight is 325 g/mol. The maximum absolute atomic E-state index is 9.75. The zero-order chi connectivity index (χ0) is 13.8. The predicted octanol–water partition coefficient (Wildman–Crippen LogP) is 2.02. The molecule has 0 atom stereocenters. The summed E-state index contributed by atoms with van der Waals surface area (Å²) >= 11 is 0. The van der Waals surface area contributed by atoms with Crippen LogP contribution in [0.25, 0.3) is 0 Å². The van der Waals surface area contributed by atoms with Crippen molar-refractivity contribution in [3.8, 4) is 0 Å². The summed E-state index contributed by atoms with van der Waals surface area (Å²) in [4.78, 5) is 0. The van der Waals surface area contributed by atoms with Gasteiger partial charge in [-0.25, -0.2) is 0 Å². The van der Waals surface area contributed by atoms with E-state index in [9.17, 15) is 34.5 Å². The number of rotatable bonds is 3. The molecule has 0 amide bonds. The van der Waals surface area contributed by atoms with Gasteiger partial charge >= 0.3 is 31.6 Å². The van der Waals surface area contributed by atoms with Crippen LogP contribution in [0.15, 0.2) is 0 Å². The molecule has 0 rings (SSSR count). The number of hydrogen-bond acceptors (Lipinski definition) is 2. The van der Waals surface area contributed by atoms with Crippen molar-refractivity contribution in [2.45, 2.75) is 0 Å². The van der Waals surface area contributed by atoms with E-state index in [1.54, 1.807) is 0 Å². The zero-order valence-electron chi connectivity index (χ0n) is 8.89. The fourth-order valence-corrected chi connectivity index (χ4v) is 0.250. The van der Waals surface area contributed by atoms with Gasteiger partial charge in [0, 0.05) is 13.1 Å². The standard InChI is InChI=1S/C4H12N2.2BF4.Cu/c1-5-3-4-6-2;2*2-1(3,4)5;/h5-6H,3-4H2,1-2H3;;;/q;2*-1;+2. The summed E-state index contributed by atoms with van der Waals surface area (Å²) in [6.07, 6.45) is 0. The molecular formula is C4H12B2CuF8N2. The zero-order valence-corrected chi connectivity index (χ0v) is 9.84. The number of halogens is 8. The fourth-order valence-electron chi connectivity index (χ4n) is 0.250. The summed E-state index contributed by atoms with van der Waals surface area (Å²) in [6.45, 7) is 2.10. The Bertz CT molecular complexity index is 114. The first kappa shape index (κ1) is 25.8. The van der Waals surface area contributed by atoms with Gasteiger partial charge in [-0.1, -0.05) is 0 Å². The summed E-state index contributed by atoms with van der Waals surface area (Å²) in [5.41, 5.74) is 0. The molecule has 0 aromatic rings. The first-order chi connectivity index (χ1) is 6.91. The van der Waals surface area contributed by atoms with Gasteiger partial charge in [0.25, 0.3) is 0 Å². The van der Waals surface area contributed by atoms with Gasteiger partial charge in [0.2, 0.25) is 0 Å². The molecule has 0 aliphatic carbocycles. The van der Waals surface area contributed by atoms with Crippen LogP contribution >= 0.6 is 0 Å². The van der Waals surface area contributed by atoms with Gasteiger partial charge in [0.1, 0.15) is 0 Å². The van der Waals surface area contributed by atoms with Crippen molar-refractivity contribution in [2.24, 2.45) is 0 Å². The van der Waals surface area contributed by atoms with E-state index in [1.807, 2.05) is 14.1 Å². The van der Waals surface area contributed by atoms with Gasteiger partial charge in [-0.2, -0.15) is 0 Å². The third kappa shape index (κ3) is 347. The van der Waals surface area contributed by atoms with E-state index in [0.29, 0.717) is 0 Å². The van der Waals surface area contributed by atoms with E-state index >= 15 is 0 Å². The maximum Gasteiger partial charge on any atom is 2.00 e. The van der Waals surface area contributed by atoms with Crippen molar-refractivity contribution >= 4 is 14.5 Å². The second kappa shape index (κ2) is 14.1. The Morgan fingerprint density at radius 2 is 0.765 bits per heavy atom. The van der Waals surface area contributed by atoms with Crippen molar-refractivity contribution in [2.75, 3.05) is 27.2 Å². The maximum atomic E-state index is 9.75. The molecule has 13 heteroatoms. The van der Waals surface area contributed by atoms with Gasteiger partial charge in [0.15, 0.2) is 0 Å². The van der Waals surface area contributed by atoms with Crippen LogP contribution in [0.2, 0.25) is 0 Å². The van der Waals surface area contributed by atoms with E-state index in [1.165, 1.54) is 0 Å². The van der Waals surface area contributed by atoms with Crippen LogP contribution in [0.5, 0.6) is 0 Å². The molecule has 2 N–H and O–H groups in total. The minimum Gasteiger partial charge on any atom is -0.418 e. The number of likely N-dealkylation sites (N-methyl/N-ethyl adjacent to an activating group) is 2. The van der Waals surface area contributed by atoms with Gasteiger partial charge in [-0.3, -0.25) is 0 Å². The minimum atomic E-state index is -6.00. The summed E-state index contributed by atoms with van der Waals surface area (Å²) in [5.74, 6) is 0. The molecule has 111 valence electrons. The summed E-state index contributed by atoms with van der Waals surface area (Å²) in [6, 6.07) is 0. The van der Waals surface area contributed by atoms with Gasteiger partial charge in [-0.15, -0.1) is 0 Å². The Kier molecular flexibility index (Phi) is 21.3. The molecule has 0 aromatic heterocycles. The van der Waals surface area contributed by atoms with Crippen LogP contribution in [-0.4, -0.2) is 41.7 Å². The quantitative estimate of drug-likeness (QED) is 0.471. The second-order valence-corrected chi connectivity index (χ2v) is 2.20. The predicted molar refractivity (Wildman–Crippen MR) is 48.2 cm³/mol. The molecule has 0 saturated carbocycles. The van der Waals surface area contributed by atoms with Crippen molar-refractivity contribution in [1.29, 1.82) is 0 Å². The Labute approximate surface area is 105 Å². The second-order valence-electron chi connectivity index (χ2n) is 2.20. The normalized spacial score (nSPS) is 10.2. The molecule has 0 saturated heterocycles. The third-order valence-corrected chi connectivity index (χ3v) is 0.625. The molecule has 2 nitrogen and oxygen atoms in total. The first-order valence-electron chi connectivity index (χ1n) is 3.95. The third-order valence-electron chi connectivity index (χ3n) is 0.625. The number of hydrogen-bond donors (Lipinski definition) is 2. The summed E-state index contributed by atoms with van der Waals surface area (Å²) in [7, 11) is -8.12. The van der Waals surface area contributed by atoms with Crippen LogP contribution in [0.3, 0.4) is 0 Å². The molecule has 0 bridgehead atoms. The van der Waals surface area contributed by atoms with Crippen molar-refractivity contribution in [3.63, 3.8) is 0 Å². The largest absolute Gasteiger partial charge is 2.00 e. The van der Waals surface area contributed by atoms with E-state index in [4.69, 9.17) is 0 Å². The molecule has 17 heavy (non-hydrogen) atoms. The Balaban J connectivity index is -0.0000000729. The van der Waals surface area contributed by atoms with Crippen LogP contribution in [0, 0.1) is 0 Å². The van der Waals surface area contributed by atoms with Crippen molar-refractivity contribution in [3.05, 3.63) is 0 Å². The van der Waals surface area contributed by atoms with Crippen LogP contribution in [0.4, 0.5) is 34.5 Å². The molecule has 1 radical (unpaired) electrons. The monoisotopic (exact) mass is 325 g/mol. The smallest absolute Gasteiger partial charge is 0.418 e. The molecular weight excluding hydrogens is 313 g/mol. The Morgan fingerprint density at radius 3 is 0.824 bits per heavy atom.